The van der Waals surface area contributed by atoms with Crippen LogP contribution in [0.2, 0.25) is 0 Å². The van der Waals surface area contributed by atoms with Gasteiger partial charge >= 0.3 is 5.97 Å². The Hall–Kier alpha value is -2.87. The lowest BCUT2D eigenvalue weighted by Gasteiger charge is -2.20. The van der Waals surface area contributed by atoms with Gasteiger partial charge in [0, 0.05) is 12.6 Å². The van der Waals surface area contributed by atoms with E-state index in [2.05, 4.69) is 5.32 Å². The number of hydrogen-bond acceptors (Lipinski definition) is 4. The van der Waals surface area contributed by atoms with Crippen molar-refractivity contribution < 1.29 is 23.1 Å². The number of carbonyl (C=O) groups excluding carboxylic acids is 1. The van der Waals surface area contributed by atoms with Crippen molar-refractivity contribution in [1.82, 2.24) is 5.32 Å². The van der Waals surface area contributed by atoms with Crippen LogP contribution in [0.4, 0.5) is 5.69 Å². The van der Waals surface area contributed by atoms with Gasteiger partial charge in [0.05, 0.1) is 10.6 Å². The van der Waals surface area contributed by atoms with Crippen molar-refractivity contribution in [3.05, 3.63) is 60.2 Å². The van der Waals surface area contributed by atoms with Crippen LogP contribution in [0.1, 0.15) is 24.2 Å². The summed E-state index contributed by atoms with van der Waals surface area (Å²) in [5.74, 6) is -1.98. The fourth-order valence-corrected chi connectivity index (χ4v) is 3.65. The topological polar surface area (TPSA) is 104 Å². The van der Waals surface area contributed by atoms with E-state index in [1.165, 1.54) is 31.3 Å². The van der Waals surface area contributed by atoms with Crippen molar-refractivity contribution in [2.45, 2.75) is 24.8 Å². The Kier molecular flexibility index (Phi) is 6.22. The molecule has 0 bridgehead atoms. The fourth-order valence-electron chi connectivity index (χ4n) is 2.45. The van der Waals surface area contributed by atoms with Gasteiger partial charge in [-0.1, -0.05) is 32.0 Å². The highest BCUT2D eigenvalue weighted by Crippen LogP contribution is 2.22. The number of sulfonamides is 1. The lowest BCUT2D eigenvalue weighted by atomic mass is 10.0. The second-order valence-electron chi connectivity index (χ2n) is 6.37. The van der Waals surface area contributed by atoms with Crippen LogP contribution in [0.25, 0.3) is 0 Å². The molecule has 0 aromatic heterocycles. The maximum absolute atomic E-state index is 12.7. The highest BCUT2D eigenvalue weighted by molar-refractivity contribution is 7.92. The van der Waals surface area contributed by atoms with Crippen molar-refractivity contribution in [2.24, 2.45) is 5.92 Å². The van der Waals surface area contributed by atoms with Crippen LogP contribution in [-0.2, 0) is 14.8 Å². The molecule has 8 heteroatoms. The molecule has 7 nitrogen and oxygen atoms in total. The predicted molar refractivity (Wildman–Crippen MR) is 102 cm³/mol. The first-order valence-electron chi connectivity index (χ1n) is 8.32. The molecule has 2 N–H and O–H groups in total. The van der Waals surface area contributed by atoms with E-state index < -0.39 is 27.9 Å². The van der Waals surface area contributed by atoms with Crippen LogP contribution in [0.5, 0.6) is 0 Å². The summed E-state index contributed by atoms with van der Waals surface area (Å²) in [6.45, 7) is 3.38. The average molecular weight is 390 g/mol. The second-order valence-corrected chi connectivity index (χ2v) is 8.34. The molecule has 0 radical (unpaired) electrons. The van der Waals surface area contributed by atoms with Crippen molar-refractivity contribution in [2.75, 3.05) is 11.4 Å². The van der Waals surface area contributed by atoms with Crippen molar-refractivity contribution in [1.29, 1.82) is 0 Å². The molecule has 2 rings (SSSR count). The maximum atomic E-state index is 12.7. The standard InChI is InChI=1S/C19H22N2O5S/c1-13(2)17(19(23)24)20-18(22)14-9-11-16(12-10-14)27(25,26)21(3)15-7-5-4-6-8-15/h4-13,17H,1-3H3,(H,20,22)(H,23,24). The molecule has 0 aliphatic heterocycles. The highest BCUT2D eigenvalue weighted by atomic mass is 32.2. The van der Waals surface area contributed by atoms with E-state index in [0.717, 1.165) is 4.31 Å². The first-order chi connectivity index (χ1) is 12.6. The summed E-state index contributed by atoms with van der Waals surface area (Å²) in [6, 6.07) is 13.0. The Labute approximate surface area is 158 Å². The van der Waals surface area contributed by atoms with Gasteiger partial charge in [0.2, 0.25) is 0 Å². The third kappa shape index (κ3) is 4.65. The number of carbonyl (C=O) groups is 2. The Bertz CT molecular complexity index is 909. The van der Waals surface area contributed by atoms with Crippen LogP contribution in [0.3, 0.4) is 0 Å². The predicted octanol–water partition coefficient (Wildman–Crippen LogP) is 2.35. The van der Waals surface area contributed by atoms with Gasteiger partial charge in [-0.3, -0.25) is 9.10 Å². The number of nitrogens with zero attached hydrogens (tertiary/aromatic N) is 1. The summed E-state index contributed by atoms with van der Waals surface area (Å²) in [4.78, 5) is 23.5. The normalized spacial score (nSPS) is 12.4. The number of benzene rings is 2. The van der Waals surface area contributed by atoms with E-state index in [1.54, 1.807) is 44.2 Å². The fraction of sp³-hybridized carbons (Fsp3) is 0.263. The zero-order valence-electron chi connectivity index (χ0n) is 15.3. The van der Waals surface area contributed by atoms with Crippen LogP contribution in [0, 0.1) is 5.92 Å². The molecule has 2 aromatic rings. The van der Waals surface area contributed by atoms with Gasteiger partial charge in [0.15, 0.2) is 0 Å². The molecule has 144 valence electrons. The van der Waals surface area contributed by atoms with E-state index in [-0.39, 0.29) is 16.4 Å². The minimum absolute atomic E-state index is 0.0315. The summed E-state index contributed by atoms with van der Waals surface area (Å²) in [5.41, 5.74) is 0.698. The molecule has 0 aliphatic rings. The zero-order chi connectivity index (χ0) is 20.2. The molecule has 1 unspecified atom stereocenters. The molecule has 0 saturated carbocycles. The molecule has 0 spiro atoms. The number of anilines is 1. The summed E-state index contributed by atoms with van der Waals surface area (Å²) >= 11 is 0. The number of nitrogens with one attached hydrogen (secondary N) is 1. The molecule has 1 atom stereocenters. The number of carboxylic acids is 1. The largest absolute Gasteiger partial charge is 0.480 e. The number of rotatable bonds is 7. The third-order valence-corrected chi connectivity index (χ3v) is 5.91. The highest BCUT2D eigenvalue weighted by Gasteiger charge is 2.25. The van der Waals surface area contributed by atoms with E-state index in [0.29, 0.717) is 5.69 Å². The van der Waals surface area contributed by atoms with Crippen molar-refractivity contribution >= 4 is 27.6 Å². The first-order valence-corrected chi connectivity index (χ1v) is 9.76. The molecule has 0 fully saturated rings. The van der Waals surface area contributed by atoms with Gasteiger partial charge in [-0.25, -0.2) is 13.2 Å². The van der Waals surface area contributed by atoms with E-state index in [1.807, 2.05) is 0 Å². The minimum Gasteiger partial charge on any atom is -0.480 e. The third-order valence-electron chi connectivity index (χ3n) is 4.11. The monoisotopic (exact) mass is 390 g/mol. The minimum atomic E-state index is -3.78. The molecule has 27 heavy (non-hydrogen) atoms. The number of amides is 1. The Morgan fingerprint density at radius 2 is 1.56 bits per heavy atom. The van der Waals surface area contributed by atoms with Crippen LogP contribution < -0.4 is 9.62 Å². The van der Waals surface area contributed by atoms with Crippen LogP contribution in [0.15, 0.2) is 59.5 Å². The number of para-hydroxylation sites is 1. The average Bonchev–Trinajstić information content (AvgIpc) is 2.65. The molecular formula is C19H22N2O5S. The first kappa shape index (κ1) is 20.4. The SMILES string of the molecule is CC(C)C(NC(=O)c1ccc(S(=O)(=O)N(C)c2ccccc2)cc1)C(=O)O. The number of aliphatic carboxylic acids is 1. The Morgan fingerprint density at radius 3 is 2.04 bits per heavy atom. The Morgan fingerprint density at radius 1 is 1.00 bits per heavy atom. The van der Waals surface area contributed by atoms with Gasteiger partial charge in [-0.2, -0.15) is 0 Å². The quantitative estimate of drug-likeness (QED) is 0.755. The van der Waals surface area contributed by atoms with Crippen LogP contribution in [-0.4, -0.2) is 38.5 Å². The van der Waals surface area contributed by atoms with Crippen LogP contribution >= 0.6 is 0 Å². The summed E-state index contributed by atoms with van der Waals surface area (Å²) in [6.07, 6.45) is 0. The van der Waals surface area contributed by atoms with Crippen molar-refractivity contribution in [3.8, 4) is 0 Å². The molecular weight excluding hydrogens is 368 g/mol. The van der Waals surface area contributed by atoms with Gasteiger partial charge in [0.25, 0.3) is 15.9 Å². The van der Waals surface area contributed by atoms with Crippen molar-refractivity contribution in [3.63, 3.8) is 0 Å². The molecule has 2 aromatic carbocycles. The molecule has 1 amide bonds. The maximum Gasteiger partial charge on any atom is 0.326 e. The lowest BCUT2D eigenvalue weighted by Crippen LogP contribution is -2.44. The van der Waals surface area contributed by atoms with E-state index >= 15 is 0 Å². The number of carboxylic acid groups (broad SMARTS) is 1. The summed E-state index contributed by atoms with van der Waals surface area (Å²) in [5, 5.41) is 11.6. The van der Waals surface area contributed by atoms with Gasteiger partial charge in [-0.05, 0) is 42.3 Å². The molecule has 0 saturated heterocycles. The van der Waals surface area contributed by atoms with Gasteiger partial charge in [0.1, 0.15) is 6.04 Å². The summed E-state index contributed by atoms with van der Waals surface area (Å²) < 4.78 is 26.6. The van der Waals surface area contributed by atoms with Gasteiger partial charge < -0.3 is 10.4 Å². The Balaban J connectivity index is 2.21. The lowest BCUT2D eigenvalue weighted by molar-refractivity contribution is -0.140. The van der Waals surface area contributed by atoms with Gasteiger partial charge in [-0.15, -0.1) is 0 Å². The molecule has 0 aliphatic carbocycles. The number of hydrogen-bond donors (Lipinski definition) is 2. The second kappa shape index (κ2) is 8.22. The van der Waals surface area contributed by atoms with E-state index in [4.69, 9.17) is 5.11 Å². The summed E-state index contributed by atoms with van der Waals surface area (Å²) in [7, 11) is -2.33. The van der Waals surface area contributed by atoms with E-state index in [9.17, 15) is 18.0 Å². The molecule has 0 heterocycles. The smallest absolute Gasteiger partial charge is 0.326 e. The zero-order valence-corrected chi connectivity index (χ0v) is 16.1.